The van der Waals surface area contributed by atoms with Gasteiger partial charge in [-0.25, -0.2) is 0 Å². The van der Waals surface area contributed by atoms with E-state index in [1.54, 1.807) is 0 Å². The van der Waals surface area contributed by atoms with Gasteiger partial charge in [-0.05, 0) is 24.5 Å². The third-order valence-corrected chi connectivity index (χ3v) is 4.91. The monoisotopic (exact) mass is 349 g/mol. The van der Waals surface area contributed by atoms with Gasteiger partial charge in [0.05, 0.1) is 11.1 Å². The normalized spacial score (nSPS) is 23.8. The molecule has 1 heterocycles. The zero-order chi connectivity index (χ0) is 14.9. The van der Waals surface area contributed by atoms with E-state index in [-0.39, 0.29) is 11.5 Å². The highest BCUT2D eigenvalue weighted by Crippen LogP contribution is 2.33. The maximum atomic E-state index is 12.9. The molecule has 0 saturated carbocycles. The summed E-state index contributed by atoms with van der Waals surface area (Å²) in [5, 5.41) is 0. The van der Waals surface area contributed by atoms with Gasteiger partial charge in [0.15, 0.2) is 0 Å². The molecule has 1 amide bonds. The van der Waals surface area contributed by atoms with E-state index in [1.807, 2.05) is 6.92 Å². The first kappa shape index (κ1) is 15.4. The Morgan fingerprint density at radius 2 is 2.00 bits per heavy atom. The molecule has 20 heavy (non-hydrogen) atoms. The van der Waals surface area contributed by atoms with Crippen LogP contribution >= 0.6 is 15.9 Å². The van der Waals surface area contributed by atoms with Crippen LogP contribution in [0.5, 0.6) is 0 Å². The third-order valence-electron chi connectivity index (χ3n) is 3.55. The molecule has 0 spiro atoms. The summed E-state index contributed by atoms with van der Waals surface area (Å²) in [5.74, 6) is -0.310. The average molecular weight is 350 g/mol. The molecule has 2 unspecified atom stereocenters. The number of nitrogens with zero attached hydrogens (tertiary/aromatic N) is 1. The first-order valence-electron chi connectivity index (χ1n) is 6.40. The van der Waals surface area contributed by atoms with Crippen LogP contribution < -0.4 is 0 Å². The molecule has 1 aliphatic heterocycles. The molecule has 1 aliphatic rings. The lowest BCUT2D eigenvalue weighted by Gasteiger charge is -2.34. The number of alkyl halides is 4. The molecule has 1 aromatic rings. The quantitative estimate of drug-likeness (QED) is 0.703. The summed E-state index contributed by atoms with van der Waals surface area (Å²) in [7, 11) is 0. The van der Waals surface area contributed by atoms with E-state index >= 15 is 0 Å². The van der Waals surface area contributed by atoms with Crippen molar-refractivity contribution in [1.29, 1.82) is 0 Å². The summed E-state index contributed by atoms with van der Waals surface area (Å²) < 4.78 is 38.8. The second-order valence-electron chi connectivity index (χ2n) is 5.08. The van der Waals surface area contributed by atoms with Crippen LogP contribution in [-0.4, -0.2) is 28.7 Å². The van der Waals surface area contributed by atoms with E-state index in [2.05, 4.69) is 15.9 Å². The van der Waals surface area contributed by atoms with Gasteiger partial charge in [0.25, 0.3) is 5.91 Å². The predicted molar refractivity (Wildman–Crippen MR) is 73.8 cm³/mol. The minimum absolute atomic E-state index is 0.228. The number of amides is 1. The number of likely N-dealkylation sites (tertiary alicyclic amines) is 1. The van der Waals surface area contributed by atoms with Crippen LogP contribution in [0.1, 0.15) is 29.3 Å². The highest BCUT2D eigenvalue weighted by atomic mass is 79.9. The molecule has 0 radical (unpaired) electrons. The van der Waals surface area contributed by atoms with Gasteiger partial charge >= 0.3 is 6.18 Å². The Morgan fingerprint density at radius 1 is 1.35 bits per heavy atom. The Morgan fingerprint density at radius 3 is 2.60 bits per heavy atom. The lowest BCUT2D eigenvalue weighted by Crippen LogP contribution is -2.43. The number of halogens is 4. The van der Waals surface area contributed by atoms with Crippen molar-refractivity contribution in [3.63, 3.8) is 0 Å². The van der Waals surface area contributed by atoms with Gasteiger partial charge in [0, 0.05) is 17.9 Å². The van der Waals surface area contributed by atoms with Crippen LogP contribution in [0.15, 0.2) is 24.3 Å². The van der Waals surface area contributed by atoms with Crippen LogP contribution in [0.25, 0.3) is 0 Å². The topological polar surface area (TPSA) is 20.3 Å². The van der Waals surface area contributed by atoms with Gasteiger partial charge in [-0.2, -0.15) is 13.2 Å². The van der Waals surface area contributed by atoms with Crippen molar-refractivity contribution in [3.8, 4) is 0 Å². The average Bonchev–Trinajstić information content (AvgIpc) is 2.40. The highest BCUT2D eigenvalue weighted by Gasteiger charge is 2.37. The molecule has 0 bridgehead atoms. The number of rotatable bonds is 1. The summed E-state index contributed by atoms with van der Waals surface area (Å²) in [6, 6.07) is 4.96. The number of piperidine rings is 1. The third kappa shape index (κ3) is 3.16. The molecule has 110 valence electrons. The maximum absolute atomic E-state index is 12.9. The summed E-state index contributed by atoms with van der Waals surface area (Å²) >= 11 is 3.51. The Labute approximate surface area is 124 Å². The molecule has 6 heteroatoms. The molecule has 1 saturated heterocycles. The molecule has 1 aromatic carbocycles. The maximum Gasteiger partial charge on any atom is 0.417 e. The second kappa shape index (κ2) is 5.76. The Kier molecular flexibility index (Phi) is 4.42. The Balaban J connectivity index is 2.26. The van der Waals surface area contributed by atoms with Crippen LogP contribution in [0.4, 0.5) is 13.2 Å². The van der Waals surface area contributed by atoms with Gasteiger partial charge < -0.3 is 4.90 Å². The van der Waals surface area contributed by atoms with E-state index in [9.17, 15) is 18.0 Å². The molecule has 0 aliphatic carbocycles. The smallest absolute Gasteiger partial charge is 0.338 e. The van der Waals surface area contributed by atoms with E-state index in [0.717, 1.165) is 12.5 Å². The SMILES string of the molecule is CC1CN(C(=O)c2ccccc2C(F)(F)F)CCC1Br. The van der Waals surface area contributed by atoms with E-state index in [0.29, 0.717) is 17.9 Å². The highest BCUT2D eigenvalue weighted by molar-refractivity contribution is 9.09. The van der Waals surface area contributed by atoms with Gasteiger partial charge in [-0.3, -0.25) is 4.79 Å². The Hall–Kier alpha value is -1.04. The van der Waals surface area contributed by atoms with Crippen molar-refractivity contribution in [2.45, 2.75) is 24.3 Å². The first-order chi connectivity index (χ1) is 9.30. The molecule has 0 aromatic heterocycles. The minimum atomic E-state index is -4.51. The first-order valence-corrected chi connectivity index (χ1v) is 7.32. The summed E-state index contributed by atoms with van der Waals surface area (Å²) in [4.78, 5) is 14.1. The fourth-order valence-corrected chi connectivity index (χ4v) is 2.76. The summed E-state index contributed by atoms with van der Waals surface area (Å²) in [6.07, 6.45) is -3.76. The van der Waals surface area contributed by atoms with Crippen molar-refractivity contribution < 1.29 is 18.0 Å². The van der Waals surface area contributed by atoms with Gasteiger partial charge in [-0.15, -0.1) is 0 Å². The predicted octanol–water partition coefficient (Wildman–Crippen LogP) is 3.95. The van der Waals surface area contributed by atoms with Crippen molar-refractivity contribution in [1.82, 2.24) is 4.90 Å². The van der Waals surface area contributed by atoms with E-state index in [4.69, 9.17) is 0 Å². The fraction of sp³-hybridized carbons (Fsp3) is 0.500. The van der Waals surface area contributed by atoms with E-state index in [1.165, 1.54) is 23.1 Å². The van der Waals surface area contributed by atoms with Crippen molar-refractivity contribution >= 4 is 21.8 Å². The number of carbonyl (C=O) groups excluding carboxylic acids is 1. The number of hydrogen-bond acceptors (Lipinski definition) is 1. The van der Waals surface area contributed by atoms with Crippen molar-refractivity contribution in [2.24, 2.45) is 5.92 Å². The second-order valence-corrected chi connectivity index (χ2v) is 6.25. The lowest BCUT2D eigenvalue weighted by atomic mass is 9.98. The van der Waals surface area contributed by atoms with E-state index < -0.39 is 17.6 Å². The number of carbonyl (C=O) groups is 1. The lowest BCUT2D eigenvalue weighted by molar-refractivity contribution is -0.138. The van der Waals surface area contributed by atoms with Crippen LogP contribution in [-0.2, 0) is 6.18 Å². The standard InChI is InChI=1S/C14H15BrF3NO/c1-9-8-19(7-6-12(9)15)13(20)10-4-2-3-5-11(10)14(16,17)18/h2-5,9,12H,6-8H2,1H3. The van der Waals surface area contributed by atoms with Crippen molar-refractivity contribution in [2.75, 3.05) is 13.1 Å². The Bertz CT molecular complexity index is 503. The fourth-order valence-electron chi connectivity index (χ4n) is 2.39. The molecule has 2 nitrogen and oxygen atoms in total. The minimum Gasteiger partial charge on any atom is -0.338 e. The van der Waals surface area contributed by atoms with Crippen LogP contribution in [0, 0.1) is 5.92 Å². The summed E-state index contributed by atoms with van der Waals surface area (Å²) in [6.45, 7) is 2.93. The molecule has 1 fully saturated rings. The molecule has 0 N–H and O–H groups in total. The summed E-state index contributed by atoms with van der Waals surface area (Å²) in [5.41, 5.74) is -1.13. The van der Waals surface area contributed by atoms with Crippen LogP contribution in [0.3, 0.4) is 0 Å². The van der Waals surface area contributed by atoms with Crippen LogP contribution in [0.2, 0.25) is 0 Å². The molecule has 2 rings (SSSR count). The number of hydrogen-bond donors (Lipinski definition) is 0. The molecular formula is C14H15BrF3NO. The zero-order valence-electron chi connectivity index (χ0n) is 11.0. The van der Waals surface area contributed by atoms with Gasteiger partial charge in [0.2, 0.25) is 0 Å². The molecule has 2 atom stereocenters. The van der Waals surface area contributed by atoms with Crippen molar-refractivity contribution in [3.05, 3.63) is 35.4 Å². The van der Waals surface area contributed by atoms with Gasteiger partial charge in [-0.1, -0.05) is 35.0 Å². The zero-order valence-corrected chi connectivity index (χ0v) is 12.5. The van der Waals surface area contributed by atoms with Gasteiger partial charge in [0.1, 0.15) is 0 Å². The number of benzene rings is 1. The molecular weight excluding hydrogens is 335 g/mol. The largest absolute Gasteiger partial charge is 0.417 e.